The highest BCUT2D eigenvalue weighted by Gasteiger charge is 2.13. The van der Waals surface area contributed by atoms with Crippen LogP contribution in [0.3, 0.4) is 0 Å². The normalized spacial score (nSPS) is 11.6. The summed E-state index contributed by atoms with van der Waals surface area (Å²) in [6, 6.07) is 14.8. The predicted molar refractivity (Wildman–Crippen MR) is 89.2 cm³/mol. The Morgan fingerprint density at radius 3 is 2.04 bits per heavy atom. The van der Waals surface area contributed by atoms with Gasteiger partial charge in [0.05, 0.1) is 11.6 Å². The van der Waals surface area contributed by atoms with Crippen LogP contribution in [0, 0.1) is 13.8 Å². The van der Waals surface area contributed by atoms with Crippen LogP contribution in [0.25, 0.3) is 0 Å². The van der Waals surface area contributed by atoms with Crippen LogP contribution in [0.5, 0.6) is 0 Å². The van der Waals surface area contributed by atoms with Crippen molar-refractivity contribution in [2.75, 3.05) is 6.61 Å². The van der Waals surface area contributed by atoms with Gasteiger partial charge in [0, 0.05) is 0 Å². The van der Waals surface area contributed by atoms with Gasteiger partial charge in [0.15, 0.2) is 6.61 Å². The minimum atomic E-state index is -0.497. The van der Waals surface area contributed by atoms with Crippen molar-refractivity contribution in [1.29, 1.82) is 0 Å². The van der Waals surface area contributed by atoms with E-state index in [-0.39, 0.29) is 18.6 Å². The lowest BCUT2D eigenvalue weighted by molar-refractivity contribution is -0.124. The van der Waals surface area contributed by atoms with Gasteiger partial charge < -0.3 is 10.1 Å². The molecule has 0 aliphatic heterocycles. The molecule has 0 aromatic heterocycles. The Labute approximate surface area is 136 Å². The van der Waals surface area contributed by atoms with Crippen LogP contribution < -0.4 is 5.32 Å². The molecule has 0 aliphatic rings. The molecule has 120 valence electrons. The molecule has 2 rings (SSSR count). The third-order valence-electron chi connectivity index (χ3n) is 3.58. The monoisotopic (exact) mass is 311 g/mol. The first kappa shape index (κ1) is 16.7. The maximum absolute atomic E-state index is 11.9. The first-order valence-corrected chi connectivity index (χ1v) is 7.55. The van der Waals surface area contributed by atoms with Gasteiger partial charge in [-0.05, 0) is 38.5 Å². The number of hydrogen-bond acceptors (Lipinski definition) is 3. The average molecular weight is 311 g/mol. The molecule has 0 saturated carbocycles. The summed E-state index contributed by atoms with van der Waals surface area (Å²) in [7, 11) is 0. The molecular formula is C19H21NO3. The van der Waals surface area contributed by atoms with Gasteiger partial charge >= 0.3 is 5.97 Å². The van der Waals surface area contributed by atoms with Crippen LogP contribution in [0.1, 0.15) is 40.0 Å². The molecule has 2 aromatic carbocycles. The number of carbonyl (C=O) groups is 2. The maximum Gasteiger partial charge on any atom is 0.338 e. The highest BCUT2D eigenvalue weighted by molar-refractivity contribution is 5.91. The van der Waals surface area contributed by atoms with Crippen LogP contribution in [-0.2, 0) is 9.53 Å². The minimum absolute atomic E-state index is 0.138. The highest BCUT2D eigenvalue weighted by atomic mass is 16.5. The van der Waals surface area contributed by atoms with Crippen molar-refractivity contribution in [3.8, 4) is 0 Å². The molecule has 1 atom stereocenters. The largest absolute Gasteiger partial charge is 0.452 e. The number of rotatable bonds is 5. The Bertz CT molecular complexity index is 675. The van der Waals surface area contributed by atoms with Crippen LogP contribution in [0.15, 0.2) is 48.5 Å². The molecule has 1 amide bonds. The van der Waals surface area contributed by atoms with Crippen molar-refractivity contribution >= 4 is 11.9 Å². The van der Waals surface area contributed by atoms with Gasteiger partial charge in [-0.1, -0.05) is 47.5 Å². The molecule has 0 heterocycles. The second-order valence-electron chi connectivity index (χ2n) is 5.64. The van der Waals surface area contributed by atoms with E-state index in [1.807, 2.05) is 57.2 Å². The summed E-state index contributed by atoms with van der Waals surface area (Å²) < 4.78 is 5.03. The first-order chi connectivity index (χ1) is 11.0. The van der Waals surface area contributed by atoms with Crippen LogP contribution in [0.2, 0.25) is 0 Å². The van der Waals surface area contributed by atoms with E-state index >= 15 is 0 Å². The second-order valence-corrected chi connectivity index (χ2v) is 5.64. The molecule has 4 heteroatoms. The summed E-state index contributed by atoms with van der Waals surface area (Å²) in [6.45, 7) is 5.56. The zero-order valence-electron chi connectivity index (χ0n) is 13.6. The third kappa shape index (κ3) is 4.95. The number of esters is 1. The molecular weight excluding hydrogens is 290 g/mol. The van der Waals surface area contributed by atoms with Gasteiger partial charge in [-0.25, -0.2) is 4.79 Å². The standard InChI is InChI=1S/C19H21NO3/c1-13-4-8-16(9-5-13)15(3)20-18(21)12-23-19(22)17-10-6-14(2)7-11-17/h4-11,15H,12H2,1-3H3,(H,20,21)/t15-/m1/s1. The molecule has 0 bridgehead atoms. The van der Waals surface area contributed by atoms with Crippen molar-refractivity contribution in [2.24, 2.45) is 0 Å². The summed E-state index contributed by atoms with van der Waals surface area (Å²) in [5.41, 5.74) is 3.68. The number of ether oxygens (including phenoxy) is 1. The molecule has 0 fully saturated rings. The van der Waals surface area contributed by atoms with Crippen molar-refractivity contribution in [3.63, 3.8) is 0 Å². The van der Waals surface area contributed by atoms with Crippen molar-refractivity contribution < 1.29 is 14.3 Å². The van der Waals surface area contributed by atoms with Crippen LogP contribution in [0.4, 0.5) is 0 Å². The SMILES string of the molecule is Cc1ccc(C(=O)OCC(=O)N[C@H](C)c2ccc(C)cc2)cc1. The van der Waals surface area contributed by atoms with Crippen LogP contribution >= 0.6 is 0 Å². The Morgan fingerprint density at radius 1 is 0.957 bits per heavy atom. The van der Waals surface area contributed by atoms with E-state index in [9.17, 15) is 9.59 Å². The highest BCUT2D eigenvalue weighted by Crippen LogP contribution is 2.13. The lowest BCUT2D eigenvalue weighted by Crippen LogP contribution is -2.31. The molecule has 1 N–H and O–H groups in total. The zero-order chi connectivity index (χ0) is 16.8. The fourth-order valence-electron chi connectivity index (χ4n) is 2.13. The first-order valence-electron chi connectivity index (χ1n) is 7.55. The summed E-state index contributed by atoms with van der Waals surface area (Å²) >= 11 is 0. The average Bonchev–Trinajstić information content (AvgIpc) is 2.54. The zero-order valence-corrected chi connectivity index (χ0v) is 13.6. The van der Waals surface area contributed by atoms with Crippen molar-refractivity contribution in [2.45, 2.75) is 26.8 Å². The summed E-state index contributed by atoms with van der Waals surface area (Å²) in [6.07, 6.45) is 0. The quantitative estimate of drug-likeness (QED) is 0.862. The summed E-state index contributed by atoms with van der Waals surface area (Å²) in [4.78, 5) is 23.7. The van der Waals surface area contributed by atoms with E-state index in [4.69, 9.17) is 4.74 Å². The molecule has 0 radical (unpaired) electrons. The van der Waals surface area contributed by atoms with Crippen LogP contribution in [-0.4, -0.2) is 18.5 Å². The maximum atomic E-state index is 11.9. The van der Waals surface area contributed by atoms with E-state index in [1.165, 1.54) is 5.56 Å². The van der Waals surface area contributed by atoms with Crippen molar-refractivity contribution in [1.82, 2.24) is 5.32 Å². The summed E-state index contributed by atoms with van der Waals surface area (Å²) in [5.74, 6) is -0.818. The topological polar surface area (TPSA) is 55.4 Å². The smallest absolute Gasteiger partial charge is 0.338 e. The lowest BCUT2D eigenvalue weighted by atomic mass is 10.1. The fraction of sp³-hybridized carbons (Fsp3) is 0.263. The molecule has 0 saturated heterocycles. The summed E-state index contributed by atoms with van der Waals surface area (Å²) in [5, 5.41) is 2.82. The van der Waals surface area contributed by atoms with E-state index in [0.29, 0.717) is 5.56 Å². The number of amides is 1. The van der Waals surface area contributed by atoms with Gasteiger partial charge in [-0.3, -0.25) is 4.79 Å². The van der Waals surface area contributed by atoms with E-state index in [1.54, 1.807) is 12.1 Å². The van der Waals surface area contributed by atoms with Gasteiger partial charge in [0.1, 0.15) is 0 Å². The van der Waals surface area contributed by atoms with E-state index < -0.39 is 5.97 Å². The lowest BCUT2D eigenvalue weighted by Gasteiger charge is -2.14. The fourth-order valence-corrected chi connectivity index (χ4v) is 2.13. The van der Waals surface area contributed by atoms with E-state index in [0.717, 1.165) is 11.1 Å². The third-order valence-corrected chi connectivity index (χ3v) is 3.58. The second kappa shape index (κ2) is 7.58. The van der Waals surface area contributed by atoms with Gasteiger partial charge in [-0.15, -0.1) is 0 Å². The van der Waals surface area contributed by atoms with Gasteiger partial charge in [0.25, 0.3) is 5.91 Å². The Hall–Kier alpha value is -2.62. The molecule has 0 aliphatic carbocycles. The van der Waals surface area contributed by atoms with Gasteiger partial charge in [-0.2, -0.15) is 0 Å². The molecule has 23 heavy (non-hydrogen) atoms. The minimum Gasteiger partial charge on any atom is -0.452 e. The predicted octanol–water partition coefficient (Wildman–Crippen LogP) is 3.34. The van der Waals surface area contributed by atoms with Gasteiger partial charge in [0.2, 0.25) is 0 Å². The number of benzene rings is 2. The van der Waals surface area contributed by atoms with Crippen molar-refractivity contribution in [3.05, 3.63) is 70.8 Å². The number of nitrogens with one attached hydrogen (secondary N) is 1. The Balaban J connectivity index is 1.83. The Morgan fingerprint density at radius 2 is 1.48 bits per heavy atom. The molecule has 0 unspecified atom stereocenters. The number of hydrogen-bond donors (Lipinski definition) is 1. The van der Waals surface area contributed by atoms with E-state index in [2.05, 4.69) is 5.32 Å². The number of carbonyl (C=O) groups excluding carboxylic acids is 2. The number of aryl methyl sites for hydroxylation is 2. The molecule has 4 nitrogen and oxygen atoms in total. The Kier molecular flexibility index (Phi) is 5.52. The molecule has 0 spiro atoms. The molecule has 2 aromatic rings.